The molecular weight excluding hydrogens is 571 g/mol. The molecule has 2 aliphatic heterocycles. The smallest absolute Gasteiger partial charge is 0.353 e. The number of pyridine rings is 1. The molecule has 2 atom stereocenters. The number of hydrogen-bond donors (Lipinski definition) is 4. The summed E-state index contributed by atoms with van der Waals surface area (Å²) in [6.07, 6.45) is 4.18. The number of anilines is 1. The normalized spacial score (nSPS) is 19.0. The van der Waals surface area contributed by atoms with Crippen LogP contribution in [0.5, 0.6) is 0 Å². The number of nitrogens with zero attached hydrogens (tertiary/aromatic N) is 5. The van der Waals surface area contributed by atoms with Crippen molar-refractivity contribution >= 4 is 63.7 Å². The molecule has 0 saturated carbocycles. The third kappa shape index (κ3) is 6.48. The number of nitrogen functional groups attached to an aromatic ring is 1. The maximum atomic E-state index is 13.1. The molecule has 2 amide bonds. The molecular formula is C22H25FN8O5S3. The molecule has 17 heteroatoms. The van der Waals surface area contributed by atoms with Crippen molar-refractivity contribution in [1.29, 1.82) is 0 Å². The molecule has 0 unspecified atom stereocenters. The van der Waals surface area contributed by atoms with Crippen LogP contribution < -0.4 is 16.4 Å². The van der Waals surface area contributed by atoms with Gasteiger partial charge in [0.1, 0.15) is 25.6 Å². The summed E-state index contributed by atoms with van der Waals surface area (Å²) in [5.41, 5.74) is 6.16. The number of alkyl halides is 1. The van der Waals surface area contributed by atoms with E-state index in [1.165, 1.54) is 23.8 Å². The summed E-state index contributed by atoms with van der Waals surface area (Å²) in [6, 6.07) is 0.322. The molecule has 4 rings (SSSR count). The fourth-order valence-electron chi connectivity index (χ4n) is 4.09. The van der Waals surface area contributed by atoms with E-state index in [0.717, 1.165) is 22.0 Å². The molecule has 0 spiro atoms. The number of nitrogens with two attached hydrogens (primary N) is 1. The van der Waals surface area contributed by atoms with Gasteiger partial charge in [-0.3, -0.25) is 24.8 Å². The highest BCUT2D eigenvalue weighted by Crippen LogP contribution is 2.44. The molecule has 13 nitrogen and oxygen atoms in total. The predicted octanol–water partition coefficient (Wildman–Crippen LogP) is 1.19. The van der Waals surface area contributed by atoms with Crippen LogP contribution in [-0.2, 0) is 25.0 Å². The van der Waals surface area contributed by atoms with Crippen LogP contribution in [0, 0.1) is 0 Å². The summed E-state index contributed by atoms with van der Waals surface area (Å²) in [4.78, 5) is 53.7. The second-order valence-electron chi connectivity index (χ2n) is 8.19. The largest absolute Gasteiger partial charge is 0.477 e. The Morgan fingerprint density at radius 2 is 2.26 bits per heavy atom. The monoisotopic (exact) mass is 596 g/mol. The van der Waals surface area contributed by atoms with E-state index < -0.39 is 36.7 Å². The van der Waals surface area contributed by atoms with Gasteiger partial charge in [-0.1, -0.05) is 16.9 Å². The summed E-state index contributed by atoms with van der Waals surface area (Å²) in [6.45, 7) is -0.0526. The van der Waals surface area contributed by atoms with Gasteiger partial charge in [0.05, 0.1) is 6.04 Å². The van der Waals surface area contributed by atoms with Gasteiger partial charge >= 0.3 is 5.97 Å². The molecule has 5 N–H and O–H groups in total. The summed E-state index contributed by atoms with van der Waals surface area (Å²) >= 11 is 3.77. The highest BCUT2D eigenvalue weighted by Gasteiger charge is 2.54. The Kier molecular flexibility index (Phi) is 9.71. The van der Waals surface area contributed by atoms with Gasteiger partial charge in [0.15, 0.2) is 5.13 Å². The molecule has 1 saturated heterocycles. The van der Waals surface area contributed by atoms with Crippen LogP contribution in [0.15, 0.2) is 39.1 Å². The van der Waals surface area contributed by atoms with Crippen molar-refractivity contribution in [2.75, 3.05) is 31.9 Å². The van der Waals surface area contributed by atoms with Crippen LogP contribution in [0.3, 0.4) is 0 Å². The van der Waals surface area contributed by atoms with E-state index in [1.807, 2.05) is 0 Å². The quantitative estimate of drug-likeness (QED) is 0.0853. The lowest BCUT2D eigenvalue weighted by Gasteiger charge is -2.50. The predicted molar refractivity (Wildman–Crippen MR) is 145 cm³/mol. The topological polar surface area (TPSA) is 185 Å². The molecule has 2 aromatic rings. The van der Waals surface area contributed by atoms with Gasteiger partial charge in [0.2, 0.25) is 11.5 Å². The first-order valence-corrected chi connectivity index (χ1v) is 14.4. The number of oxime groups is 1. The van der Waals surface area contributed by atoms with Gasteiger partial charge in [-0.05, 0) is 24.5 Å². The number of thioether (sulfide) groups is 2. The number of aliphatic carboxylic acids is 1. The highest BCUT2D eigenvalue weighted by atomic mass is 32.2. The van der Waals surface area contributed by atoms with Crippen LogP contribution >= 0.6 is 35.1 Å². The minimum absolute atomic E-state index is 0.0427. The number of hydrogen-bond acceptors (Lipinski definition) is 13. The molecule has 208 valence electrons. The lowest BCUT2D eigenvalue weighted by atomic mass is 9.86. The number of β-lactam (4-membered cyclic amide) rings is 1. The second-order valence-corrected chi connectivity index (χ2v) is 11.2. The Morgan fingerprint density at radius 1 is 1.44 bits per heavy atom. The molecule has 0 aliphatic carbocycles. The highest BCUT2D eigenvalue weighted by molar-refractivity contribution is 8.03. The number of aromatic nitrogens is 3. The zero-order valence-electron chi connectivity index (χ0n) is 20.6. The van der Waals surface area contributed by atoms with Crippen LogP contribution in [0.25, 0.3) is 0 Å². The van der Waals surface area contributed by atoms with E-state index in [9.17, 15) is 23.9 Å². The number of carboxylic acids is 1. The summed E-state index contributed by atoms with van der Waals surface area (Å²) in [5.74, 6) is -1.24. The SMILES string of the molecule is CO/N=C(\C(=O)N[C@@H]1C(=O)N2C(C(=O)O)=C(Sc3ccncc3CSCCNCF)CC[C@H]12)c1nsc(N)n1. The third-order valence-corrected chi connectivity index (χ3v) is 8.61. The standard InChI is InChI=1S/C22H25FN8O5S3/c1-36-29-16(18-28-22(24)39-30-18)19(32)27-15-12-2-3-14(17(21(34)35)31(12)20(15)33)38-13-4-5-25-8-11(13)9-37-7-6-26-10-23/h4-5,8,12,15,26H,2-3,6-7,9-10H2,1H3,(H,27,32)(H,34,35)(H2,24,28,30)/b29-16-/t12-,15+/m1/s1. The van der Waals surface area contributed by atoms with E-state index in [1.54, 1.807) is 30.2 Å². The number of carbonyl (C=O) groups is 3. The van der Waals surface area contributed by atoms with E-state index in [4.69, 9.17) is 10.6 Å². The van der Waals surface area contributed by atoms with Crippen LogP contribution in [-0.4, -0.2) is 86.1 Å². The van der Waals surface area contributed by atoms with Crippen LogP contribution in [0.4, 0.5) is 9.52 Å². The van der Waals surface area contributed by atoms with E-state index in [0.29, 0.717) is 35.8 Å². The Balaban J connectivity index is 1.48. The van der Waals surface area contributed by atoms with Crippen molar-refractivity contribution in [1.82, 2.24) is 29.9 Å². The Morgan fingerprint density at radius 3 is 2.95 bits per heavy atom. The van der Waals surface area contributed by atoms with Gasteiger partial charge in [-0.2, -0.15) is 21.1 Å². The number of rotatable bonds is 13. The minimum Gasteiger partial charge on any atom is -0.477 e. The molecule has 0 radical (unpaired) electrons. The maximum absolute atomic E-state index is 13.1. The summed E-state index contributed by atoms with van der Waals surface area (Å²) in [7, 11) is 1.25. The number of nitrogens with one attached hydrogen (secondary N) is 2. The average Bonchev–Trinajstić information content (AvgIpc) is 3.36. The van der Waals surface area contributed by atoms with Crippen molar-refractivity contribution in [3.8, 4) is 0 Å². The first-order chi connectivity index (χ1) is 18.8. The number of allylic oxidation sites excluding steroid dienone is 1. The van der Waals surface area contributed by atoms with Crippen molar-refractivity contribution in [2.45, 2.75) is 35.6 Å². The van der Waals surface area contributed by atoms with Crippen molar-refractivity contribution in [2.24, 2.45) is 5.16 Å². The number of halogens is 1. The van der Waals surface area contributed by atoms with Crippen LogP contribution in [0.1, 0.15) is 24.2 Å². The molecule has 39 heavy (non-hydrogen) atoms. The van der Waals surface area contributed by atoms with Gasteiger partial charge in [0.25, 0.3) is 11.8 Å². The van der Waals surface area contributed by atoms with E-state index >= 15 is 0 Å². The molecule has 0 bridgehead atoms. The lowest BCUT2D eigenvalue weighted by Crippen LogP contribution is -2.72. The van der Waals surface area contributed by atoms with Gasteiger partial charge in [-0.25, -0.2) is 9.18 Å². The molecule has 1 fully saturated rings. The Bertz CT molecular complexity index is 1310. The Labute approximate surface area is 235 Å². The van der Waals surface area contributed by atoms with Crippen molar-refractivity contribution < 1.29 is 28.7 Å². The molecule has 2 aliphatic rings. The fourth-order valence-corrected chi connectivity index (χ4v) is 6.65. The molecule has 0 aromatic carbocycles. The number of fused-ring (bicyclic) bond motifs is 1. The Hall–Kier alpha value is -3.28. The molecule has 2 aromatic heterocycles. The zero-order valence-corrected chi connectivity index (χ0v) is 23.1. The van der Waals surface area contributed by atoms with Crippen LogP contribution in [0.2, 0.25) is 0 Å². The summed E-state index contributed by atoms with van der Waals surface area (Å²) in [5, 5.41) is 19.1. The van der Waals surface area contributed by atoms with E-state index in [2.05, 4.69) is 30.1 Å². The third-order valence-electron chi connectivity index (χ3n) is 5.80. The van der Waals surface area contributed by atoms with Gasteiger partial charge < -0.3 is 21.0 Å². The summed E-state index contributed by atoms with van der Waals surface area (Å²) < 4.78 is 16.2. The minimum atomic E-state index is -1.23. The maximum Gasteiger partial charge on any atom is 0.353 e. The lowest BCUT2D eigenvalue weighted by molar-refractivity contribution is -0.155. The average molecular weight is 597 g/mol. The number of carbonyl (C=O) groups excluding carboxylic acids is 2. The van der Waals surface area contributed by atoms with Gasteiger partial charge in [-0.15, -0.1) is 0 Å². The van der Waals surface area contributed by atoms with E-state index in [-0.39, 0.29) is 22.4 Å². The zero-order chi connectivity index (χ0) is 27.9. The van der Waals surface area contributed by atoms with Crippen molar-refractivity contribution in [3.05, 3.63) is 40.5 Å². The van der Waals surface area contributed by atoms with Gasteiger partial charge in [0, 0.05) is 51.8 Å². The number of carboxylic acid groups (broad SMARTS) is 1. The number of amides is 2. The fraction of sp³-hybridized carbons (Fsp3) is 0.409. The molecule has 4 heterocycles. The second kappa shape index (κ2) is 13.2. The van der Waals surface area contributed by atoms with Crippen molar-refractivity contribution in [3.63, 3.8) is 0 Å². The first-order valence-electron chi connectivity index (χ1n) is 11.6. The first kappa shape index (κ1) is 28.7.